The van der Waals surface area contributed by atoms with Gasteiger partial charge in [-0.25, -0.2) is 0 Å². The second-order valence-electron chi connectivity index (χ2n) is 3.34. The van der Waals surface area contributed by atoms with E-state index in [0.29, 0.717) is 0 Å². The van der Waals surface area contributed by atoms with Crippen molar-refractivity contribution in [2.75, 3.05) is 6.61 Å². The largest absolute Gasteiger partial charge is 0.352 e. The molecule has 0 aromatic rings. The zero-order valence-electron chi connectivity index (χ0n) is 6.81. The maximum Gasteiger partial charge on any atom is 0.191 e. The molecule has 1 saturated carbocycles. The van der Waals surface area contributed by atoms with Gasteiger partial charge in [0, 0.05) is 18.7 Å². The molecular weight excluding hydrogens is 195 g/mol. The maximum atomic E-state index is 9.74. The first kappa shape index (κ1) is 9.10. The van der Waals surface area contributed by atoms with Gasteiger partial charge < -0.3 is 9.63 Å². The van der Waals surface area contributed by atoms with Crippen molar-refractivity contribution in [3.8, 4) is 0 Å². The summed E-state index contributed by atoms with van der Waals surface area (Å²) in [6, 6.07) is 0. The Hall–Kier alpha value is 0.530. The standard InChI is InChI=1S/C7H13O3PS/c8-11(12,6-3-4-6)10-7-2-1-5-9-7/h6-7H,1-5H2,(H,8,12). The second kappa shape index (κ2) is 3.35. The van der Waals surface area contributed by atoms with Gasteiger partial charge in [-0.2, -0.15) is 0 Å². The van der Waals surface area contributed by atoms with Gasteiger partial charge in [0.1, 0.15) is 0 Å². The van der Waals surface area contributed by atoms with E-state index in [1.807, 2.05) is 0 Å². The normalized spacial score (nSPS) is 34.9. The molecule has 1 saturated heterocycles. The van der Waals surface area contributed by atoms with Crippen LogP contribution in [-0.2, 0) is 21.1 Å². The number of rotatable bonds is 3. The van der Waals surface area contributed by atoms with Crippen LogP contribution < -0.4 is 0 Å². The van der Waals surface area contributed by atoms with Crippen LogP contribution in [0.25, 0.3) is 0 Å². The van der Waals surface area contributed by atoms with E-state index < -0.39 is 6.49 Å². The fraction of sp³-hybridized carbons (Fsp3) is 1.00. The van der Waals surface area contributed by atoms with Crippen LogP contribution in [0.2, 0.25) is 0 Å². The van der Waals surface area contributed by atoms with Gasteiger partial charge in [0.25, 0.3) is 0 Å². The smallest absolute Gasteiger partial charge is 0.191 e. The van der Waals surface area contributed by atoms with Gasteiger partial charge in [0.15, 0.2) is 12.8 Å². The molecule has 2 unspecified atom stereocenters. The van der Waals surface area contributed by atoms with E-state index in [1.165, 1.54) is 0 Å². The third kappa shape index (κ3) is 2.06. The van der Waals surface area contributed by atoms with Gasteiger partial charge in [-0.15, -0.1) is 0 Å². The molecule has 12 heavy (non-hydrogen) atoms. The molecule has 0 spiro atoms. The van der Waals surface area contributed by atoms with Crippen LogP contribution in [0, 0.1) is 0 Å². The van der Waals surface area contributed by atoms with Gasteiger partial charge in [-0.1, -0.05) is 0 Å². The Morgan fingerprint density at radius 1 is 1.42 bits per heavy atom. The van der Waals surface area contributed by atoms with Crippen molar-refractivity contribution in [3.63, 3.8) is 0 Å². The summed E-state index contributed by atoms with van der Waals surface area (Å²) in [7, 11) is 0. The summed E-state index contributed by atoms with van der Waals surface area (Å²) < 4.78 is 10.6. The Labute approximate surface area is 77.2 Å². The summed E-state index contributed by atoms with van der Waals surface area (Å²) in [5.41, 5.74) is 0.261. The topological polar surface area (TPSA) is 38.7 Å². The SMILES string of the molecule is OP(=S)(OC1CCCO1)C1CC1. The first-order valence-electron chi connectivity index (χ1n) is 4.31. The fourth-order valence-corrected chi connectivity index (χ4v) is 3.68. The van der Waals surface area contributed by atoms with Crippen LogP contribution in [0.15, 0.2) is 0 Å². The van der Waals surface area contributed by atoms with Crippen LogP contribution >= 0.6 is 6.49 Å². The molecular formula is C7H13O3PS. The molecule has 0 bridgehead atoms. The Morgan fingerprint density at radius 2 is 2.17 bits per heavy atom. The Balaban J connectivity index is 1.87. The predicted octanol–water partition coefficient (Wildman–Crippen LogP) is 1.60. The number of hydrogen-bond acceptors (Lipinski definition) is 3. The highest BCUT2D eigenvalue weighted by Crippen LogP contribution is 2.59. The fourth-order valence-electron chi connectivity index (χ4n) is 1.29. The minimum atomic E-state index is -2.49. The van der Waals surface area contributed by atoms with Gasteiger partial charge in [0.05, 0.1) is 0 Å². The van der Waals surface area contributed by atoms with Crippen molar-refractivity contribution < 1.29 is 14.2 Å². The molecule has 1 aliphatic heterocycles. The lowest BCUT2D eigenvalue weighted by molar-refractivity contribution is -0.0384. The molecule has 1 N–H and O–H groups in total. The quantitative estimate of drug-likeness (QED) is 0.715. The Bertz CT molecular complexity index is 211. The van der Waals surface area contributed by atoms with Crippen molar-refractivity contribution in [1.29, 1.82) is 0 Å². The summed E-state index contributed by atoms with van der Waals surface area (Å²) in [6.07, 6.45) is 3.73. The summed E-state index contributed by atoms with van der Waals surface area (Å²) in [6.45, 7) is -1.75. The first-order chi connectivity index (χ1) is 5.68. The highest BCUT2D eigenvalue weighted by Gasteiger charge is 2.39. The van der Waals surface area contributed by atoms with Crippen LogP contribution in [0.1, 0.15) is 25.7 Å². The lowest BCUT2D eigenvalue weighted by Crippen LogP contribution is -2.09. The Morgan fingerprint density at radius 3 is 2.67 bits per heavy atom. The molecule has 1 heterocycles. The lowest BCUT2D eigenvalue weighted by atomic mass is 10.4. The van der Waals surface area contributed by atoms with Gasteiger partial charge in [-0.05, 0) is 31.1 Å². The molecule has 5 heteroatoms. The summed E-state index contributed by atoms with van der Waals surface area (Å²) in [5.74, 6) is 0. The average molecular weight is 208 g/mol. The summed E-state index contributed by atoms with van der Waals surface area (Å²) >= 11 is 5.03. The first-order valence-corrected chi connectivity index (χ1v) is 7.05. The monoisotopic (exact) mass is 208 g/mol. The van der Waals surface area contributed by atoms with E-state index in [9.17, 15) is 4.89 Å². The zero-order valence-corrected chi connectivity index (χ0v) is 8.52. The molecule has 1 aliphatic carbocycles. The summed E-state index contributed by atoms with van der Waals surface area (Å²) in [5, 5.41) is 0. The van der Waals surface area contributed by atoms with Crippen LogP contribution in [0.5, 0.6) is 0 Å². The Kier molecular flexibility index (Phi) is 2.54. The highest BCUT2D eigenvalue weighted by molar-refractivity contribution is 8.09. The van der Waals surface area contributed by atoms with E-state index >= 15 is 0 Å². The number of hydrogen-bond donors (Lipinski definition) is 1. The van der Waals surface area contributed by atoms with Crippen LogP contribution in [0.3, 0.4) is 0 Å². The van der Waals surface area contributed by atoms with Crippen molar-refractivity contribution in [3.05, 3.63) is 0 Å². The van der Waals surface area contributed by atoms with Crippen molar-refractivity contribution in [2.24, 2.45) is 0 Å². The lowest BCUT2D eigenvalue weighted by Gasteiger charge is -2.19. The second-order valence-corrected chi connectivity index (χ2v) is 6.98. The van der Waals surface area contributed by atoms with Crippen molar-refractivity contribution in [2.45, 2.75) is 37.6 Å². The molecule has 70 valence electrons. The molecule has 2 rings (SSSR count). The average Bonchev–Trinajstić information content (AvgIpc) is 2.74. The molecule has 0 aromatic heterocycles. The molecule has 0 radical (unpaired) electrons. The molecule has 0 amide bonds. The minimum absolute atomic E-state index is 0.221. The molecule has 0 aromatic carbocycles. The highest BCUT2D eigenvalue weighted by atomic mass is 32.5. The van der Waals surface area contributed by atoms with E-state index in [0.717, 1.165) is 32.3 Å². The third-order valence-electron chi connectivity index (χ3n) is 2.16. The molecule has 3 nitrogen and oxygen atoms in total. The van der Waals surface area contributed by atoms with Crippen LogP contribution in [0.4, 0.5) is 0 Å². The van der Waals surface area contributed by atoms with Gasteiger partial charge >= 0.3 is 0 Å². The third-order valence-corrected chi connectivity index (χ3v) is 5.29. The van der Waals surface area contributed by atoms with Gasteiger partial charge in [-0.3, -0.25) is 4.52 Å². The summed E-state index contributed by atoms with van der Waals surface area (Å²) in [4.78, 5) is 9.74. The van der Waals surface area contributed by atoms with Crippen LogP contribution in [-0.4, -0.2) is 23.4 Å². The van der Waals surface area contributed by atoms with Crippen molar-refractivity contribution in [1.82, 2.24) is 0 Å². The molecule has 2 aliphatic rings. The van der Waals surface area contributed by atoms with Gasteiger partial charge in [0.2, 0.25) is 0 Å². The van der Waals surface area contributed by atoms with E-state index in [1.54, 1.807) is 0 Å². The molecule has 2 fully saturated rings. The molecule has 2 atom stereocenters. The minimum Gasteiger partial charge on any atom is -0.352 e. The van der Waals surface area contributed by atoms with E-state index in [2.05, 4.69) is 0 Å². The van der Waals surface area contributed by atoms with E-state index in [4.69, 9.17) is 21.1 Å². The van der Waals surface area contributed by atoms with E-state index in [-0.39, 0.29) is 11.9 Å². The van der Waals surface area contributed by atoms with Crippen molar-refractivity contribution >= 4 is 18.3 Å². The predicted molar refractivity (Wildman–Crippen MR) is 49.6 cm³/mol. The number of ether oxygens (including phenoxy) is 1. The maximum absolute atomic E-state index is 9.74. The zero-order chi connectivity index (χ0) is 8.60.